The Labute approximate surface area is 42.5 Å². The molecule has 0 saturated heterocycles. The highest BCUT2D eigenvalue weighted by Gasteiger charge is 1.82. The molecular weight excluding hydrogens is 92.1 g/mol. The molecule has 7 heavy (non-hydrogen) atoms. The Morgan fingerprint density at radius 2 is 2.43 bits per heavy atom. The van der Waals surface area contributed by atoms with E-state index in [0.717, 1.165) is 6.42 Å². The third-order valence-electron chi connectivity index (χ3n) is 0.425. The van der Waals surface area contributed by atoms with E-state index in [1.165, 1.54) is 6.08 Å². The Morgan fingerprint density at radius 3 is 2.57 bits per heavy atom. The monoisotopic (exact) mass is 98.0 g/mol. The zero-order valence-electron chi connectivity index (χ0n) is 4.05. The van der Waals surface area contributed by atoms with Gasteiger partial charge in [-0.2, -0.15) is 0 Å². The first-order chi connectivity index (χ1) is 3.27. The maximum absolute atomic E-state index is 9.54. The van der Waals surface area contributed by atoms with Gasteiger partial charge in [0.15, 0.2) is 5.97 Å². The van der Waals surface area contributed by atoms with Crippen LogP contribution in [0.1, 0.15) is 6.92 Å². The van der Waals surface area contributed by atoms with E-state index in [9.17, 15) is 9.90 Å². The quantitative estimate of drug-likeness (QED) is 0.437. The Kier molecular flexibility index (Phi) is 2.85. The largest absolute Gasteiger partial charge is 0.527 e. The summed E-state index contributed by atoms with van der Waals surface area (Å²) in [7, 11) is 0. The van der Waals surface area contributed by atoms with Gasteiger partial charge in [0, 0.05) is 13.0 Å². The molecule has 0 fully saturated rings. The highest BCUT2D eigenvalue weighted by Crippen LogP contribution is 1.74. The minimum Gasteiger partial charge on any atom is -0.527 e. The van der Waals surface area contributed by atoms with Gasteiger partial charge in [0.05, 0.1) is 12.5 Å². The van der Waals surface area contributed by atoms with Crippen molar-refractivity contribution >= 4 is 5.97 Å². The smallest absolute Gasteiger partial charge is 0.156 e. The van der Waals surface area contributed by atoms with Crippen molar-refractivity contribution in [2.45, 2.75) is 6.92 Å². The average Bonchev–Trinajstić information content (AvgIpc) is 1.61. The van der Waals surface area contributed by atoms with Gasteiger partial charge in [0.2, 0.25) is 0 Å². The lowest BCUT2D eigenvalue weighted by Crippen LogP contribution is -2.21. The van der Waals surface area contributed by atoms with Gasteiger partial charge in [0.25, 0.3) is 0 Å². The van der Waals surface area contributed by atoms with Crippen molar-refractivity contribution in [2.75, 3.05) is 0 Å². The number of carbonyl (C=O) groups is 1. The van der Waals surface area contributed by atoms with E-state index < -0.39 is 5.97 Å². The molecule has 0 aliphatic carbocycles. The molecule has 0 saturated carbocycles. The normalized spacial score (nSPS) is 9.29. The number of allylic oxidation sites excluding steroid dienone is 1. The Bertz CT molecular complexity index is 84.1. The van der Waals surface area contributed by atoms with Crippen LogP contribution in [-0.4, -0.2) is 5.97 Å². The fourth-order valence-electron chi connectivity index (χ4n) is 0.175. The van der Waals surface area contributed by atoms with Crippen LogP contribution in [0.5, 0.6) is 0 Å². The van der Waals surface area contributed by atoms with Crippen LogP contribution in [-0.2, 0) is 4.79 Å². The molecule has 2 heteroatoms. The molecule has 0 amide bonds. The van der Waals surface area contributed by atoms with Crippen LogP contribution >= 0.6 is 0 Å². The predicted octanol–water partition coefficient (Wildman–Crippen LogP) is -0.483. The van der Waals surface area contributed by atoms with Crippen molar-refractivity contribution < 1.29 is 9.90 Å². The first kappa shape index (κ1) is 6.08. The standard InChI is InChI=1S/C5H6O2/c1-2-3-4-5(6)7/h2-4H,1H3. The van der Waals surface area contributed by atoms with Gasteiger partial charge in [-0.1, -0.05) is 0 Å². The Hall–Kier alpha value is -0.920. The van der Waals surface area contributed by atoms with Crippen LogP contribution in [0.15, 0.2) is 12.2 Å². The summed E-state index contributed by atoms with van der Waals surface area (Å²) in [6.45, 7) is 1.74. The topological polar surface area (TPSA) is 40.1 Å². The van der Waals surface area contributed by atoms with Crippen molar-refractivity contribution in [3.8, 4) is 0 Å². The maximum Gasteiger partial charge on any atom is 0.156 e. The predicted molar refractivity (Wildman–Crippen MR) is 24.1 cm³/mol. The summed E-state index contributed by atoms with van der Waals surface area (Å²) in [4.78, 5) is 9.54. The van der Waals surface area contributed by atoms with Crippen LogP contribution in [0.4, 0.5) is 0 Å². The maximum atomic E-state index is 9.54. The van der Waals surface area contributed by atoms with E-state index in [2.05, 4.69) is 0 Å². The molecule has 0 heterocycles. The fourth-order valence-corrected chi connectivity index (χ4v) is 0.175. The van der Waals surface area contributed by atoms with Crippen LogP contribution < -0.4 is 5.11 Å². The lowest BCUT2D eigenvalue weighted by molar-refractivity contribution is -0.299. The van der Waals surface area contributed by atoms with Gasteiger partial charge in [-0.3, -0.25) is 0 Å². The zero-order valence-corrected chi connectivity index (χ0v) is 4.05. The molecule has 0 unspecified atom stereocenters. The number of carboxylic acids is 1. The second kappa shape index (κ2) is 3.28. The van der Waals surface area contributed by atoms with E-state index in [-0.39, 0.29) is 0 Å². The highest BCUT2D eigenvalue weighted by atomic mass is 16.4. The summed E-state index contributed by atoms with van der Waals surface area (Å²) in [6, 6.07) is 0. The molecule has 0 radical (unpaired) electrons. The molecule has 0 spiro atoms. The minimum atomic E-state index is -1.15. The van der Waals surface area contributed by atoms with Crippen molar-refractivity contribution in [3.05, 3.63) is 18.6 Å². The third-order valence-corrected chi connectivity index (χ3v) is 0.425. The second-order valence-electron chi connectivity index (χ2n) is 1.01. The number of aliphatic carboxylic acids is 1. The molecule has 0 rings (SSSR count). The van der Waals surface area contributed by atoms with E-state index in [1.807, 2.05) is 0 Å². The molecule has 0 atom stereocenters. The van der Waals surface area contributed by atoms with Crippen molar-refractivity contribution in [2.24, 2.45) is 0 Å². The Balaban J connectivity index is 3.14. The van der Waals surface area contributed by atoms with Crippen LogP contribution in [0, 0.1) is 6.42 Å². The summed E-state index contributed by atoms with van der Waals surface area (Å²) < 4.78 is 0. The molecule has 38 valence electrons. The molecule has 0 aliphatic heterocycles. The lowest BCUT2D eigenvalue weighted by Gasteiger charge is -1.81. The lowest BCUT2D eigenvalue weighted by atomic mass is 10.4. The number of rotatable bonds is 2. The summed E-state index contributed by atoms with van der Waals surface area (Å²) in [5.74, 6) is -1.15. The SMILES string of the molecule is CC=C[CH+]C(=O)[O-]. The van der Waals surface area contributed by atoms with Crippen LogP contribution in [0.25, 0.3) is 0 Å². The zero-order chi connectivity index (χ0) is 5.70. The molecule has 2 nitrogen and oxygen atoms in total. The number of carboxylic acid groups (broad SMARTS) is 1. The summed E-state index contributed by atoms with van der Waals surface area (Å²) in [5, 5.41) is 9.54. The van der Waals surface area contributed by atoms with Gasteiger partial charge < -0.3 is 9.90 Å². The number of carbonyl (C=O) groups excluding carboxylic acids is 1. The minimum absolute atomic E-state index is 0.972. The van der Waals surface area contributed by atoms with Gasteiger partial charge in [0.1, 0.15) is 0 Å². The van der Waals surface area contributed by atoms with Crippen molar-refractivity contribution in [1.82, 2.24) is 0 Å². The summed E-state index contributed by atoms with van der Waals surface area (Å²) >= 11 is 0. The van der Waals surface area contributed by atoms with Crippen LogP contribution in [0.2, 0.25) is 0 Å². The number of hydrogen-bond donors (Lipinski definition) is 0. The van der Waals surface area contributed by atoms with E-state index in [0.29, 0.717) is 0 Å². The highest BCUT2D eigenvalue weighted by molar-refractivity contribution is 5.76. The van der Waals surface area contributed by atoms with Gasteiger partial charge >= 0.3 is 0 Å². The van der Waals surface area contributed by atoms with Crippen molar-refractivity contribution in [1.29, 1.82) is 0 Å². The molecule has 0 aliphatic rings. The molecule has 0 bridgehead atoms. The molecule has 0 aromatic carbocycles. The van der Waals surface area contributed by atoms with Gasteiger partial charge in [-0.25, -0.2) is 0 Å². The first-order valence-electron chi connectivity index (χ1n) is 1.94. The summed E-state index contributed by atoms with van der Waals surface area (Å²) in [5.41, 5.74) is 0. The average molecular weight is 98.1 g/mol. The van der Waals surface area contributed by atoms with Gasteiger partial charge in [-0.15, -0.1) is 0 Å². The fraction of sp³-hybridized carbons (Fsp3) is 0.200. The number of hydrogen-bond acceptors (Lipinski definition) is 2. The van der Waals surface area contributed by atoms with Crippen LogP contribution in [0.3, 0.4) is 0 Å². The first-order valence-corrected chi connectivity index (χ1v) is 1.94. The van der Waals surface area contributed by atoms with Crippen molar-refractivity contribution in [3.63, 3.8) is 0 Å². The van der Waals surface area contributed by atoms with E-state index in [1.54, 1.807) is 13.0 Å². The van der Waals surface area contributed by atoms with Gasteiger partial charge in [-0.05, 0) is 0 Å². The third kappa shape index (κ3) is 5.08. The van der Waals surface area contributed by atoms with E-state index in [4.69, 9.17) is 0 Å². The van der Waals surface area contributed by atoms with E-state index >= 15 is 0 Å². The second-order valence-corrected chi connectivity index (χ2v) is 1.01. The Morgan fingerprint density at radius 1 is 1.86 bits per heavy atom. The molecular formula is C5H6O2. The molecule has 0 aromatic heterocycles. The molecule has 0 N–H and O–H groups in total. The molecule has 0 aromatic rings. The summed E-state index contributed by atoms with van der Waals surface area (Å²) in [6.07, 6.45) is 4.01.